The van der Waals surface area contributed by atoms with Crippen LogP contribution >= 0.6 is 7.92 Å². The molecule has 0 aromatic heterocycles. The van der Waals surface area contributed by atoms with Gasteiger partial charge in [0.15, 0.2) is 0 Å². The van der Waals surface area contributed by atoms with Crippen molar-refractivity contribution in [2.45, 2.75) is 5.92 Å². The number of benzene rings is 5. The van der Waals surface area contributed by atoms with Crippen LogP contribution in [0, 0.1) is 0 Å². The molecular formula is C33H27O2P. The molecule has 1 aliphatic carbocycles. The third-order valence-corrected chi connectivity index (χ3v) is 9.47. The molecule has 0 fully saturated rings. The second-order valence-corrected chi connectivity index (χ2v) is 11.1. The number of ether oxygens (including phenoxy) is 2. The summed E-state index contributed by atoms with van der Waals surface area (Å²) in [6.07, 6.45) is 0. The van der Waals surface area contributed by atoms with Gasteiger partial charge in [-0.1, -0.05) is 97.1 Å². The Morgan fingerprint density at radius 3 is 1.47 bits per heavy atom. The quantitative estimate of drug-likeness (QED) is 0.246. The van der Waals surface area contributed by atoms with E-state index in [1.807, 2.05) is 0 Å². The first kappa shape index (κ1) is 22.6. The maximum absolute atomic E-state index is 5.60. The summed E-state index contributed by atoms with van der Waals surface area (Å²) < 4.78 is 11.2. The highest BCUT2D eigenvalue weighted by Gasteiger charge is 2.33. The van der Waals surface area contributed by atoms with Crippen LogP contribution in [0.1, 0.15) is 22.6 Å². The summed E-state index contributed by atoms with van der Waals surface area (Å²) in [4.78, 5) is 0. The summed E-state index contributed by atoms with van der Waals surface area (Å²) in [6.45, 7) is 0. The Balaban J connectivity index is 1.59. The van der Waals surface area contributed by atoms with Crippen LogP contribution < -0.4 is 25.4 Å². The minimum Gasteiger partial charge on any atom is -0.497 e. The maximum atomic E-state index is 5.60. The summed E-state index contributed by atoms with van der Waals surface area (Å²) in [5.74, 6) is 1.87. The number of methoxy groups -OCH3 is 2. The summed E-state index contributed by atoms with van der Waals surface area (Å²) in [6, 6.07) is 43.8. The van der Waals surface area contributed by atoms with Crippen molar-refractivity contribution in [3.05, 3.63) is 138 Å². The lowest BCUT2D eigenvalue weighted by Gasteiger charge is -2.26. The molecule has 176 valence electrons. The van der Waals surface area contributed by atoms with Crippen molar-refractivity contribution in [2.24, 2.45) is 0 Å². The molecular weight excluding hydrogens is 459 g/mol. The molecule has 5 aromatic rings. The highest BCUT2D eigenvalue weighted by Crippen LogP contribution is 2.51. The lowest BCUT2D eigenvalue weighted by molar-refractivity contribution is 0.414. The Hall–Kier alpha value is -3.87. The SMILES string of the molecule is COc1ccc2c(c1)-c1cc(OC)ccc1C2c1ccccc1P(c1ccccc1)c1ccccc1. The first-order chi connectivity index (χ1) is 17.8. The molecule has 36 heavy (non-hydrogen) atoms. The molecule has 0 N–H and O–H groups in total. The minimum absolute atomic E-state index is 0.139. The van der Waals surface area contributed by atoms with Gasteiger partial charge in [-0.3, -0.25) is 0 Å². The molecule has 3 heteroatoms. The minimum atomic E-state index is -0.729. The predicted molar refractivity (Wildman–Crippen MR) is 151 cm³/mol. The van der Waals surface area contributed by atoms with Crippen molar-refractivity contribution in [3.63, 3.8) is 0 Å². The average Bonchev–Trinajstić information content (AvgIpc) is 3.27. The van der Waals surface area contributed by atoms with Gasteiger partial charge in [0.05, 0.1) is 14.2 Å². The highest BCUT2D eigenvalue weighted by atomic mass is 31.1. The highest BCUT2D eigenvalue weighted by molar-refractivity contribution is 7.79. The van der Waals surface area contributed by atoms with Crippen LogP contribution in [0.4, 0.5) is 0 Å². The van der Waals surface area contributed by atoms with Gasteiger partial charge >= 0.3 is 0 Å². The van der Waals surface area contributed by atoms with E-state index in [0.717, 1.165) is 11.5 Å². The van der Waals surface area contributed by atoms with Crippen molar-refractivity contribution in [1.82, 2.24) is 0 Å². The molecule has 1 aliphatic rings. The van der Waals surface area contributed by atoms with E-state index >= 15 is 0 Å². The third kappa shape index (κ3) is 3.88. The van der Waals surface area contributed by atoms with Crippen LogP contribution in [0.5, 0.6) is 11.5 Å². The summed E-state index contributed by atoms with van der Waals surface area (Å²) in [7, 11) is 2.72. The van der Waals surface area contributed by atoms with Gasteiger partial charge in [0.2, 0.25) is 0 Å². The van der Waals surface area contributed by atoms with Crippen LogP contribution in [0.15, 0.2) is 121 Å². The molecule has 0 atom stereocenters. The van der Waals surface area contributed by atoms with Gasteiger partial charge in [-0.2, -0.15) is 0 Å². The fourth-order valence-electron chi connectivity index (χ4n) is 5.31. The van der Waals surface area contributed by atoms with E-state index in [9.17, 15) is 0 Å². The molecule has 0 aliphatic heterocycles. The van der Waals surface area contributed by atoms with E-state index in [1.54, 1.807) is 14.2 Å². The summed E-state index contributed by atoms with van der Waals surface area (Å²) >= 11 is 0. The van der Waals surface area contributed by atoms with E-state index in [-0.39, 0.29) is 5.92 Å². The lowest BCUT2D eigenvalue weighted by Crippen LogP contribution is -2.24. The number of fused-ring (bicyclic) bond motifs is 3. The molecule has 0 amide bonds. The Bertz CT molecular complexity index is 1420. The van der Waals surface area contributed by atoms with Crippen LogP contribution in [0.3, 0.4) is 0 Å². The normalized spacial score (nSPS) is 12.3. The number of hydrogen-bond donors (Lipinski definition) is 0. The van der Waals surface area contributed by atoms with Gasteiger partial charge in [0.1, 0.15) is 11.5 Å². The largest absolute Gasteiger partial charge is 0.497 e. The zero-order valence-electron chi connectivity index (χ0n) is 20.4. The van der Waals surface area contributed by atoms with Crippen molar-refractivity contribution in [3.8, 4) is 22.6 Å². The van der Waals surface area contributed by atoms with E-state index in [1.165, 1.54) is 43.7 Å². The van der Waals surface area contributed by atoms with Crippen molar-refractivity contribution >= 4 is 23.8 Å². The fourth-order valence-corrected chi connectivity index (χ4v) is 7.81. The van der Waals surface area contributed by atoms with Gasteiger partial charge in [-0.05, 0) is 75.9 Å². The predicted octanol–water partition coefficient (Wildman–Crippen LogP) is 6.62. The second-order valence-electron chi connectivity index (χ2n) is 8.90. The zero-order valence-corrected chi connectivity index (χ0v) is 21.3. The van der Waals surface area contributed by atoms with Gasteiger partial charge < -0.3 is 9.47 Å². The van der Waals surface area contributed by atoms with Gasteiger partial charge in [0, 0.05) is 5.92 Å². The molecule has 5 aromatic carbocycles. The van der Waals surface area contributed by atoms with Gasteiger partial charge in [-0.25, -0.2) is 0 Å². The summed E-state index contributed by atoms with van der Waals surface area (Å²) in [5, 5.41) is 4.10. The molecule has 6 rings (SSSR count). The van der Waals surface area contributed by atoms with Crippen molar-refractivity contribution in [2.75, 3.05) is 14.2 Å². The molecule has 0 heterocycles. The van der Waals surface area contributed by atoms with Gasteiger partial charge in [-0.15, -0.1) is 0 Å². The first-order valence-electron chi connectivity index (χ1n) is 12.1. The summed E-state index contributed by atoms with van der Waals surface area (Å²) in [5.41, 5.74) is 6.40. The second kappa shape index (κ2) is 9.64. The van der Waals surface area contributed by atoms with E-state index in [0.29, 0.717) is 0 Å². The number of hydrogen-bond acceptors (Lipinski definition) is 2. The first-order valence-corrected chi connectivity index (χ1v) is 13.5. The Morgan fingerprint density at radius 1 is 0.500 bits per heavy atom. The van der Waals surface area contributed by atoms with Crippen LogP contribution in [0.25, 0.3) is 11.1 Å². The standard InChI is InChI=1S/C33H27O2P/c1-34-23-17-19-27-30(21-23)31-22-24(35-2)18-20-28(31)33(27)29-15-9-10-16-32(29)36(25-11-5-3-6-12-25)26-13-7-4-8-14-26/h3-22,33H,1-2H3. The zero-order chi connectivity index (χ0) is 24.5. The molecule has 0 bridgehead atoms. The number of rotatable bonds is 6. The van der Waals surface area contributed by atoms with E-state index in [2.05, 4.69) is 121 Å². The Labute approximate surface area is 213 Å². The van der Waals surface area contributed by atoms with Crippen LogP contribution in [0.2, 0.25) is 0 Å². The molecule has 0 saturated heterocycles. The molecule has 0 unspecified atom stereocenters. The van der Waals surface area contributed by atoms with Crippen LogP contribution in [-0.4, -0.2) is 14.2 Å². The monoisotopic (exact) mass is 486 g/mol. The maximum Gasteiger partial charge on any atom is 0.119 e. The van der Waals surface area contributed by atoms with E-state index < -0.39 is 7.92 Å². The molecule has 0 saturated carbocycles. The molecule has 0 spiro atoms. The Kier molecular flexibility index (Phi) is 6.05. The molecule has 0 radical (unpaired) electrons. The van der Waals surface area contributed by atoms with Crippen molar-refractivity contribution in [1.29, 1.82) is 0 Å². The van der Waals surface area contributed by atoms with E-state index in [4.69, 9.17) is 9.47 Å². The smallest absolute Gasteiger partial charge is 0.119 e. The average molecular weight is 487 g/mol. The van der Waals surface area contributed by atoms with Gasteiger partial charge in [0.25, 0.3) is 0 Å². The van der Waals surface area contributed by atoms with Crippen molar-refractivity contribution < 1.29 is 9.47 Å². The third-order valence-electron chi connectivity index (χ3n) is 6.95. The topological polar surface area (TPSA) is 18.5 Å². The Morgan fingerprint density at radius 2 is 0.972 bits per heavy atom. The van der Waals surface area contributed by atoms with Crippen LogP contribution in [-0.2, 0) is 0 Å². The fraction of sp³-hybridized carbons (Fsp3) is 0.0909. The molecule has 2 nitrogen and oxygen atoms in total. The lowest BCUT2D eigenvalue weighted by atomic mass is 9.89.